The Kier molecular flexibility index (Phi) is 8.85. The van der Waals surface area contributed by atoms with Crippen LogP contribution >= 0.6 is 27.3 Å². The lowest BCUT2D eigenvalue weighted by Gasteiger charge is -2.28. The molecule has 1 fully saturated rings. The van der Waals surface area contributed by atoms with E-state index < -0.39 is 12.5 Å². The van der Waals surface area contributed by atoms with Crippen LogP contribution in [0.2, 0.25) is 0 Å². The Labute approximate surface area is 190 Å². The predicted octanol–water partition coefficient (Wildman–Crippen LogP) is 3.21. The number of thiophene rings is 1. The number of aliphatic hydroxyl groups excluding tert-OH is 2. The number of hydrogen-bond acceptors (Lipinski definition) is 6. The molecule has 2 atom stereocenters. The van der Waals surface area contributed by atoms with E-state index in [0.717, 1.165) is 52.9 Å². The second-order valence-corrected chi connectivity index (χ2v) is 10.4. The first-order valence-corrected chi connectivity index (χ1v) is 12.0. The third kappa shape index (κ3) is 6.87. The molecule has 1 heterocycles. The smallest absolute Gasteiger partial charge is 0.223 e. The molecular weight excluding hydrogens is 466 g/mol. The molecule has 8 heteroatoms. The van der Waals surface area contributed by atoms with E-state index in [1.54, 1.807) is 0 Å². The van der Waals surface area contributed by atoms with Crippen LogP contribution in [0.15, 0.2) is 40.2 Å². The lowest BCUT2D eigenvalue weighted by Crippen LogP contribution is -2.36. The van der Waals surface area contributed by atoms with Crippen molar-refractivity contribution >= 4 is 33.2 Å². The number of nitrogens with two attached hydrogens (primary N) is 1. The van der Waals surface area contributed by atoms with Crippen LogP contribution in [0.3, 0.4) is 0 Å². The summed E-state index contributed by atoms with van der Waals surface area (Å²) >= 11 is 4.94. The molecule has 1 aliphatic rings. The van der Waals surface area contributed by atoms with Gasteiger partial charge in [-0.2, -0.15) is 0 Å². The van der Waals surface area contributed by atoms with Crippen molar-refractivity contribution in [3.8, 4) is 0 Å². The topological polar surface area (TPSA) is 108 Å². The summed E-state index contributed by atoms with van der Waals surface area (Å²) < 4.78 is 1.01. The van der Waals surface area contributed by atoms with Gasteiger partial charge in [0.1, 0.15) is 12.5 Å². The van der Waals surface area contributed by atoms with Gasteiger partial charge in [-0.1, -0.05) is 24.3 Å². The number of halogens is 1. The maximum absolute atomic E-state index is 12.5. The molecule has 1 aliphatic carbocycles. The van der Waals surface area contributed by atoms with Crippen LogP contribution in [-0.4, -0.2) is 29.2 Å². The highest BCUT2D eigenvalue weighted by molar-refractivity contribution is 9.11. The Morgan fingerprint density at radius 3 is 2.43 bits per heavy atom. The van der Waals surface area contributed by atoms with Crippen molar-refractivity contribution in [1.82, 2.24) is 10.6 Å². The fraction of sp³-hybridized carbons (Fsp3) is 0.500. The summed E-state index contributed by atoms with van der Waals surface area (Å²) in [6, 6.07) is 11.3. The normalized spacial score (nSPS) is 21.2. The lowest BCUT2D eigenvalue weighted by molar-refractivity contribution is -0.126. The van der Waals surface area contributed by atoms with Crippen LogP contribution in [0.1, 0.15) is 54.1 Å². The van der Waals surface area contributed by atoms with E-state index in [1.165, 1.54) is 11.3 Å². The summed E-state index contributed by atoms with van der Waals surface area (Å²) in [6.45, 7) is 1.37. The van der Waals surface area contributed by atoms with E-state index in [0.29, 0.717) is 18.0 Å². The Balaban J connectivity index is 1.32. The van der Waals surface area contributed by atoms with Crippen LogP contribution in [0, 0.1) is 11.8 Å². The Hall–Kier alpha value is -1.29. The molecule has 0 radical (unpaired) electrons. The number of nitrogens with one attached hydrogen (secondary N) is 2. The molecule has 0 bridgehead atoms. The van der Waals surface area contributed by atoms with Crippen molar-refractivity contribution in [2.75, 3.05) is 13.1 Å². The molecule has 1 saturated carbocycles. The van der Waals surface area contributed by atoms with Gasteiger partial charge in [-0.05, 0) is 77.2 Å². The summed E-state index contributed by atoms with van der Waals surface area (Å²) in [7, 11) is 0. The van der Waals surface area contributed by atoms with Gasteiger partial charge in [0, 0.05) is 23.9 Å². The number of rotatable bonds is 9. The molecule has 164 valence electrons. The van der Waals surface area contributed by atoms with Crippen LogP contribution in [0.5, 0.6) is 0 Å². The zero-order valence-electron chi connectivity index (χ0n) is 16.9. The average Bonchev–Trinajstić information content (AvgIpc) is 3.19. The zero-order chi connectivity index (χ0) is 21.5. The molecule has 2 unspecified atom stereocenters. The van der Waals surface area contributed by atoms with Crippen LogP contribution in [-0.2, 0) is 11.2 Å². The number of hydrogen-bond donors (Lipinski definition) is 5. The predicted molar refractivity (Wildman–Crippen MR) is 123 cm³/mol. The molecule has 2 aromatic rings. The minimum absolute atomic E-state index is 0.0780. The van der Waals surface area contributed by atoms with Gasteiger partial charge in [0.2, 0.25) is 5.91 Å². The minimum Gasteiger partial charge on any atom is -0.375 e. The fourth-order valence-electron chi connectivity index (χ4n) is 3.84. The molecule has 30 heavy (non-hydrogen) atoms. The van der Waals surface area contributed by atoms with Gasteiger partial charge in [-0.25, -0.2) is 0 Å². The monoisotopic (exact) mass is 495 g/mol. The molecule has 0 aliphatic heterocycles. The first kappa shape index (κ1) is 23.4. The van der Waals surface area contributed by atoms with Crippen molar-refractivity contribution < 1.29 is 15.0 Å². The molecule has 0 saturated heterocycles. The second-order valence-electron chi connectivity index (χ2n) is 7.90. The lowest BCUT2D eigenvalue weighted by atomic mass is 9.81. The van der Waals surface area contributed by atoms with Gasteiger partial charge in [-0.15, -0.1) is 11.3 Å². The van der Waals surface area contributed by atoms with Crippen LogP contribution in [0.4, 0.5) is 0 Å². The molecule has 6 nitrogen and oxygen atoms in total. The molecule has 1 amide bonds. The molecule has 0 spiro atoms. The highest BCUT2D eigenvalue weighted by atomic mass is 79.9. The molecular formula is C22H30BrN3O3S. The van der Waals surface area contributed by atoms with Crippen molar-refractivity contribution in [1.29, 1.82) is 0 Å². The summed E-state index contributed by atoms with van der Waals surface area (Å²) in [4.78, 5) is 13.4. The summed E-state index contributed by atoms with van der Waals surface area (Å²) in [5, 5.41) is 25.8. The van der Waals surface area contributed by atoms with Gasteiger partial charge in [0.05, 0.1) is 3.79 Å². The van der Waals surface area contributed by atoms with Crippen LogP contribution < -0.4 is 16.4 Å². The maximum Gasteiger partial charge on any atom is 0.223 e. The highest BCUT2D eigenvalue weighted by Gasteiger charge is 2.26. The minimum atomic E-state index is -0.954. The quantitative estimate of drug-likeness (QED) is 0.343. The van der Waals surface area contributed by atoms with Crippen molar-refractivity contribution in [2.24, 2.45) is 17.6 Å². The summed E-state index contributed by atoms with van der Waals surface area (Å²) in [5.41, 5.74) is 7.23. The second kappa shape index (κ2) is 11.4. The Morgan fingerprint density at radius 1 is 1.13 bits per heavy atom. The fourth-order valence-corrected chi connectivity index (χ4v) is 5.22. The van der Waals surface area contributed by atoms with Gasteiger partial charge < -0.3 is 21.3 Å². The van der Waals surface area contributed by atoms with Gasteiger partial charge in [-0.3, -0.25) is 10.1 Å². The Bertz CT molecular complexity index is 804. The van der Waals surface area contributed by atoms with E-state index in [4.69, 9.17) is 5.73 Å². The molecule has 6 N–H and O–H groups in total. The molecule has 1 aromatic heterocycles. The van der Waals surface area contributed by atoms with Crippen molar-refractivity contribution in [2.45, 2.75) is 44.6 Å². The highest BCUT2D eigenvalue weighted by Crippen LogP contribution is 2.30. The molecule has 1 aromatic carbocycles. The van der Waals surface area contributed by atoms with Crippen molar-refractivity contribution in [3.63, 3.8) is 0 Å². The zero-order valence-corrected chi connectivity index (χ0v) is 19.3. The van der Waals surface area contributed by atoms with Gasteiger partial charge in [0.15, 0.2) is 0 Å². The van der Waals surface area contributed by atoms with E-state index in [1.807, 2.05) is 36.4 Å². The summed E-state index contributed by atoms with van der Waals surface area (Å²) in [5.74, 6) is 0.705. The third-order valence-electron chi connectivity index (χ3n) is 5.72. The van der Waals surface area contributed by atoms with E-state index >= 15 is 0 Å². The first-order valence-electron chi connectivity index (χ1n) is 10.4. The average molecular weight is 496 g/mol. The first-order chi connectivity index (χ1) is 14.4. The van der Waals surface area contributed by atoms with Gasteiger partial charge in [0.25, 0.3) is 0 Å². The van der Waals surface area contributed by atoms with E-state index in [9.17, 15) is 15.0 Å². The number of amides is 1. The third-order valence-corrected chi connectivity index (χ3v) is 7.39. The molecule has 3 rings (SSSR count). The van der Waals surface area contributed by atoms with Crippen molar-refractivity contribution in [3.05, 3.63) is 56.2 Å². The number of aliphatic hydroxyl groups is 2. The maximum atomic E-state index is 12.5. The van der Waals surface area contributed by atoms with Crippen LogP contribution in [0.25, 0.3) is 0 Å². The SMILES string of the molecule is NC(O)c1ccc(CCNC(=O)C2CCC(CNC(O)c3ccc(Br)s3)CC2)cc1. The largest absolute Gasteiger partial charge is 0.375 e. The number of carbonyl (C=O) groups is 1. The standard InChI is InChI=1S/C22H30BrN3O3S/c23-19-10-9-18(30-19)22(29)26-13-15-3-7-17(8-4-15)21(28)25-12-11-14-1-5-16(6-2-14)20(24)27/h1-2,5-6,9-10,15,17,20,22,26-27,29H,3-4,7-8,11-13,24H2,(H,25,28). The van der Waals surface area contributed by atoms with E-state index in [2.05, 4.69) is 26.6 Å². The van der Waals surface area contributed by atoms with E-state index in [-0.39, 0.29) is 11.8 Å². The summed E-state index contributed by atoms with van der Waals surface area (Å²) in [6.07, 6.45) is 2.94. The number of benzene rings is 1. The van der Waals surface area contributed by atoms with Gasteiger partial charge >= 0.3 is 0 Å². The Morgan fingerprint density at radius 2 is 1.83 bits per heavy atom. The number of carbonyl (C=O) groups excluding carboxylic acids is 1.